The van der Waals surface area contributed by atoms with E-state index < -0.39 is 6.10 Å². The van der Waals surface area contributed by atoms with Crippen LogP contribution in [0.3, 0.4) is 0 Å². The van der Waals surface area contributed by atoms with E-state index in [0.29, 0.717) is 19.0 Å². The first-order chi connectivity index (χ1) is 8.75. The zero-order valence-electron chi connectivity index (χ0n) is 10.4. The summed E-state index contributed by atoms with van der Waals surface area (Å²) < 4.78 is 0. The number of carbonyl (C=O) groups is 1. The lowest BCUT2D eigenvalue weighted by atomic mass is 10.2. The van der Waals surface area contributed by atoms with Gasteiger partial charge in [-0.25, -0.2) is 0 Å². The highest BCUT2D eigenvalue weighted by Crippen LogP contribution is 2.27. The third-order valence-electron chi connectivity index (χ3n) is 3.07. The van der Waals surface area contributed by atoms with Crippen LogP contribution >= 0.6 is 0 Å². The average Bonchev–Trinajstić information content (AvgIpc) is 3.21. The van der Waals surface area contributed by atoms with E-state index in [9.17, 15) is 9.90 Å². The van der Waals surface area contributed by atoms with E-state index in [0.717, 1.165) is 5.56 Å². The van der Waals surface area contributed by atoms with Gasteiger partial charge in [-0.2, -0.15) is 0 Å². The van der Waals surface area contributed by atoms with Gasteiger partial charge in [0.2, 0.25) is 5.91 Å². The van der Waals surface area contributed by atoms with Gasteiger partial charge in [0.05, 0.1) is 0 Å². The molecule has 1 atom stereocenters. The fourth-order valence-electron chi connectivity index (χ4n) is 1.73. The van der Waals surface area contributed by atoms with E-state index in [1.54, 1.807) is 0 Å². The molecule has 0 saturated heterocycles. The van der Waals surface area contributed by atoms with E-state index >= 15 is 0 Å². The summed E-state index contributed by atoms with van der Waals surface area (Å²) in [5.41, 5.74) is 1.14. The quantitative estimate of drug-likeness (QED) is 0.664. The number of aliphatic hydroxyl groups excluding tert-OH is 1. The molecule has 0 heterocycles. The first-order valence-electron chi connectivity index (χ1n) is 6.46. The Morgan fingerprint density at radius 1 is 1.33 bits per heavy atom. The molecule has 1 aromatic rings. The summed E-state index contributed by atoms with van der Waals surface area (Å²) in [6, 6.07) is 9.91. The molecule has 3 N–H and O–H groups in total. The molecule has 0 spiro atoms. The molecule has 18 heavy (non-hydrogen) atoms. The van der Waals surface area contributed by atoms with Gasteiger partial charge in [0.25, 0.3) is 0 Å². The Kier molecular flexibility index (Phi) is 4.73. The molecule has 2 rings (SSSR count). The number of carbonyl (C=O) groups excluding carboxylic acids is 1. The van der Waals surface area contributed by atoms with Crippen LogP contribution in [-0.4, -0.2) is 30.2 Å². The topological polar surface area (TPSA) is 61.4 Å². The highest BCUT2D eigenvalue weighted by atomic mass is 16.3. The van der Waals surface area contributed by atoms with Crippen molar-refractivity contribution >= 4 is 5.91 Å². The molecule has 1 aliphatic carbocycles. The zero-order chi connectivity index (χ0) is 12.8. The summed E-state index contributed by atoms with van der Waals surface area (Å²) in [4.78, 5) is 11.5. The Hall–Kier alpha value is -1.39. The molecule has 1 aromatic carbocycles. The smallest absolute Gasteiger partial charge is 0.250 e. The van der Waals surface area contributed by atoms with Crippen molar-refractivity contribution in [1.82, 2.24) is 10.6 Å². The highest BCUT2D eigenvalue weighted by Gasteiger charge is 2.23. The van der Waals surface area contributed by atoms with Crippen LogP contribution in [0.15, 0.2) is 30.3 Å². The van der Waals surface area contributed by atoms with Gasteiger partial charge in [0, 0.05) is 19.6 Å². The molecular formula is C14H20N2O2. The van der Waals surface area contributed by atoms with Crippen LogP contribution in [0.2, 0.25) is 0 Å². The summed E-state index contributed by atoms with van der Waals surface area (Å²) in [5, 5.41) is 15.5. The van der Waals surface area contributed by atoms with E-state index in [4.69, 9.17) is 0 Å². The van der Waals surface area contributed by atoms with Crippen LogP contribution in [-0.2, 0) is 11.3 Å². The molecule has 1 amide bonds. The van der Waals surface area contributed by atoms with Crippen LogP contribution in [0.1, 0.15) is 18.4 Å². The Morgan fingerprint density at radius 2 is 2.06 bits per heavy atom. The highest BCUT2D eigenvalue weighted by molar-refractivity contribution is 5.80. The molecule has 4 nitrogen and oxygen atoms in total. The van der Waals surface area contributed by atoms with Crippen molar-refractivity contribution in [3.05, 3.63) is 35.9 Å². The molecule has 0 bridgehead atoms. The van der Waals surface area contributed by atoms with Crippen molar-refractivity contribution < 1.29 is 9.90 Å². The second kappa shape index (κ2) is 6.52. The van der Waals surface area contributed by atoms with Gasteiger partial charge in [0.1, 0.15) is 6.10 Å². The molecule has 0 radical (unpaired) electrons. The third-order valence-corrected chi connectivity index (χ3v) is 3.07. The van der Waals surface area contributed by atoms with Gasteiger partial charge >= 0.3 is 0 Å². The maximum absolute atomic E-state index is 11.5. The minimum atomic E-state index is -0.965. The van der Waals surface area contributed by atoms with Gasteiger partial charge in [0.15, 0.2) is 0 Å². The minimum absolute atomic E-state index is 0.275. The summed E-state index contributed by atoms with van der Waals surface area (Å²) in [6.45, 7) is 1.65. The van der Waals surface area contributed by atoms with Gasteiger partial charge in [-0.05, 0) is 24.3 Å². The van der Waals surface area contributed by atoms with Crippen molar-refractivity contribution in [1.29, 1.82) is 0 Å². The molecule has 1 saturated carbocycles. The van der Waals surface area contributed by atoms with E-state index in [2.05, 4.69) is 10.6 Å². The average molecular weight is 248 g/mol. The second-order valence-corrected chi connectivity index (χ2v) is 4.82. The number of rotatable bonds is 7. The van der Waals surface area contributed by atoms with Gasteiger partial charge in [-0.3, -0.25) is 4.79 Å². The van der Waals surface area contributed by atoms with Crippen LogP contribution in [0.4, 0.5) is 0 Å². The molecule has 98 valence electrons. The number of benzene rings is 1. The van der Waals surface area contributed by atoms with Gasteiger partial charge in [-0.1, -0.05) is 30.3 Å². The molecule has 0 aliphatic heterocycles. The molecule has 1 aliphatic rings. The Labute approximate surface area is 107 Å². The third kappa shape index (κ3) is 4.47. The predicted molar refractivity (Wildman–Crippen MR) is 69.9 cm³/mol. The van der Waals surface area contributed by atoms with Crippen LogP contribution in [0.5, 0.6) is 0 Å². The number of amides is 1. The minimum Gasteiger partial charge on any atom is -0.382 e. The SMILES string of the molecule is O=C(NCC1CC1)C(O)CNCc1ccccc1. The van der Waals surface area contributed by atoms with Crippen molar-refractivity contribution in [2.24, 2.45) is 5.92 Å². The summed E-state index contributed by atoms with van der Waals surface area (Å²) in [5.74, 6) is 0.362. The Morgan fingerprint density at radius 3 is 2.72 bits per heavy atom. The maximum atomic E-state index is 11.5. The van der Waals surface area contributed by atoms with Crippen molar-refractivity contribution in [3.63, 3.8) is 0 Å². The van der Waals surface area contributed by atoms with Gasteiger partial charge < -0.3 is 15.7 Å². The first kappa shape index (κ1) is 13.1. The second-order valence-electron chi connectivity index (χ2n) is 4.82. The lowest BCUT2D eigenvalue weighted by molar-refractivity contribution is -0.129. The summed E-state index contributed by atoms with van der Waals surface area (Å²) in [6.07, 6.45) is 1.43. The monoisotopic (exact) mass is 248 g/mol. The Bertz CT molecular complexity index is 377. The van der Waals surface area contributed by atoms with Crippen molar-refractivity contribution in [2.75, 3.05) is 13.1 Å². The van der Waals surface area contributed by atoms with Crippen LogP contribution in [0.25, 0.3) is 0 Å². The number of hydrogen-bond donors (Lipinski definition) is 3. The molecule has 1 fully saturated rings. The lowest BCUT2D eigenvalue weighted by Gasteiger charge is -2.12. The van der Waals surface area contributed by atoms with Crippen LogP contribution in [0, 0.1) is 5.92 Å². The van der Waals surface area contributed by atoms with Crippen molar-refractivity contribution in [3.8, 4) is 0 Å². The standard InChI is InChI=1S/C14H20N2O2/c17-13(14(18)16-9-12-6-7-12)10-15-8-11-4-2-1-3-5-11/h1-5,12-13,15,17H,6-10H2,(H,16,18). The molecule has 4 heteroatoms. The first-order valence-corrected chi connectivity index (χ1v) is 6.46. The lowest BCUT2D eigenvalue weighted by Crippen LogP contribution is -2.41. The largest absolute Gasteiger partial charge is 0.382 e. The van der Waals surface area contributed by atoms with E-state index in [1.165, 1.54) is 12.8 Å². The Balaban J connectivity index is 1.61. The number of aliphatic hydroxyl groups is 1. The number of hydrogen-bond acceptors (Lipinski definition) is 3. The fraction of sp³-hybridized carbons (Fsp3) is 0.500. The molecular weight excluding hydrogens is 228 g/mol. The van der Waals surface area contributed by atoms with E-state index in [1.807, 2.05) is 30.3 Å². The summed E-state index contributed by atoms with van der Waals surface area (Å²) in [7, 11) is 0. The van der Waals surface area contributed by atoms with Crippen LogP contribution < -0.4 is 10.6 Å². The van der Waals surface area contributed by atoms with Gasteiger partial charge in [-0.15, -0.1) is 0 Å². The predicted octanol–water partition coefficient (Wildman–Crippen LogP) is 0.663. The van der Waals surface area contributed by atoms with Crippen molar-refractivity contribution in [2.45, 2.75) is 25.5 Å². The summed E-state index contributed by atoms with van der Waals surface area (Å²) >= 11 is 0. The zero-order valence-corrected chi connectivity index (χ0v) is 10.4. The fourth-order valence-corrected chi connectivity index (χ4v) is 1.73. The molecule has 0 aromatic heterocycles. The normalized spacial score (nSPS) is 16.3. The molecule has 1 unspecified atom stereocenters. The maximum Gasteiger partial charge on any atom is 0.250 e. The number of nitrogens with one attached hydrogen (secondary N) is 2. The van der Waals surface area contributed by atoms with E-state index in [-0.39, 0.29) is 12.5 Å².